The van der Waals surface area contributed by atoms with Crippen LogP contribution in [0.25, 0.3) is 0 Å². The average molecular weight is 260 g/mol. The van der Waals surface area contributed by atoms with E-state index < -0.39 is 5.41 Å². The number of nitriles is 1. The molecule has 0 spiro atoms. The number of hydrogen-bond acceptors (Lipinski definition) is 4. The summed E-state index contributed by atoms with van der Waals surface area (Å²) in [6.45, 7) is 5.71. The molecule has 4 heteroatoms. The molecule has 0 aliphatic rings. The summed E-state index contributed by atoms with van der Waals surface area (Å²) >= 11 is 0. The second kappa shape index (κ2) is 5.94. The third kappa shape index (κ3) is 4.15. The summed E-state index contributed by atoms with van der Waals surface area (Å²) in [5.41, 5.74) is 8.15. The topological polar surface area (TPSA) is 56.3 Å². The van der Waals surface area contributed by atoms with Crippen LogP contribution in [0.3, 0.4) is 0 Å². The first kappa shape index (κ1) is 15.3. The second-order valence-electron chi connectivity index (χ2n) is 5.77. The number of rotatable bonds is 5. The van der Waals surface area contributed by atoms with Gasteiger partial charge in [-0.2, -0.15) is 5.26 Å². The van der Waals surface area contributed by atoms with Crippen LogP contribution in [-0.4, -0.2) is 39.1 Å². The maximum absolute atomic E-state index is 9.23. The van der Waals surface area contributed by atoms with Crippen LogP contribution in [-0.2, 0) is 5.41 Å². The highest BCUT2D eigenvalue weighted by atomic mass is 15.2. The smallest absolute Gasteiger partial charge is 0.0767 e. The van der Waals surface area contributed by atoms with Crippen LogP contribution >= 0.6 is 0 Å². The van der Waals surface area contributed by atoms with Gasteiger partial charge in [0, 0.05) is 31.5 Å². The summed E-state index contributed by atoms with van der Waals surface area (Å²) in [4.78, 5) is 4.30. The zero-order valence-corrected chi connectivity index (χ0v) is 12.6. The van der Waals surface area contributed by atoms with E-state index in [-0.39, 0.29) is 0 Å². The van der Waals surface area contributed by atoms with Crippen molar-refractivity contribution in [2.75, 3.05) is 44.9 Å². The predicted octanol–water partition coefficient (Wildman–Crippen LogP) is 2.07. The van der Waals surface area contributed by atoms with Gasteiger partial charge in [-0.15, -0.1) is 0 Å². The summed E-state index contributed by atoms with van der Waals surface area (Å²) in [5, 5.41) is 9.23. The molecule has 0 amide bonds. The Morgan fingerprint density at radius 2 is 1.79 bits per heavy atom. The zero-order valence-electron chi connectivity index (χ0n) is 12.6. The van der Waals surface area contributed by atoms with Gasteiger partial charge in [-0.25, -0.2) is 0 Å². The number of hydrogen-bond donors (Lipinski definition) is 1. The molecule has 0 fully saturated rings. The molecule has 19 heavy (non-hydrogen) atoms. The molecular weight excluding hydrogens is 236 g/mol. The molecule has 0 bridgehead atoms. The molecule has 0 heterocycles. The van der Waals surface area contributed by atoms with Crippen LogP contribution in [0.2, 0.25) is 0 Å². The van der Waals surface area contributed by atoms with Crippen LogP contribution in [0, 0.1) is 11.3 Å². The Hall–Kier alpha value is -1.73. The van der Waals surface area contributed by atoms with E-state index in [0.717, 1.165) is 24.3 Å². The van der Waals surface area contributed by atoms with Crippen molar-refractivity contribution < 1.29 is 0 Å². The van der Waals surface area contributed by atoms with Crippen LogP contribution in [0.4, 0.5) is 11.4 Å². The lowest BCUT2D eigenvalue weighted by atomic mass is 9.86. The maximum Gasteiger partial charge on any atom is 0.0767 e. The van der Waals surface area contributed by atoms with E-state index in [1.165, 1.54) is 0 Å². The van der Waals surface area contributed by atoms with Crippen molar-refractivity contribution in [3.05, 3.63) is 23.8 Å². The fraction of sp³-hybridized carbons (Fsp3) is 0.533. The van der Waals surface area contributed by atoms with Crippen LogP contribution in [0.5, 0.6) is 0 Å². The molecular formula is C15H24N4. The summed E-state index contributed by atoms with van der Waals surface area (Å²) in [6, 6.07) is 8.20. The highest BCUT2D eigenvalue weighted by Crippen LogP contribution is 2.28. The van der Waals surface area contributed by atoms with E-state index in [0.29, 0.717) is 5.69 Å². The summed E-state index contributed by atoms with van der Waals surface area (Å²) in [5.74, 6) is 0. The van der Waals surface area contributed by atoms with E-state index >= 15 is 0 Å². The Bertz CT molecular complexity index is 472. The van der Waals surface area contributed by atoms with Crippen molar-refractivity contribution in [1.82, 2.24) is 4.90 Å². The number of anilines is 2. The zero-order chi connectivity index (χ0) is 14.6. The quantitative estimate of drug-likeness (QED) is 0.823. The summed E-state index contributed by atoms with van der Waals surface area (Å²) < 4.78 is 0. The molecule has 0 saturated carbocycles. The maximum atomic E-state index is 9.23. The molecule has 1 rings (SSSR count). The molecule has 1 aromatic carbocycles. The molecule has 0 aliphatic heterocycles. The van der Waals surface area contributed by atoms with E-state index in [1.807, 2.05) is 33.0 Å². The Morgan fingerprint density at radius 3 is 2.32 bits per heavy atom. The minimum absolute atomic E-state index is 0.521. The monoisotopic (exact) mass is 260 g/mol. The van der Waals surface area contributed by atoms with Gasteiger partial charge in [0.15, 0.2) is 0 Å². The molecule has 0 atom stereocenters. The van der Waals surface area contributed by atoms with Gasteiger partial charge in [0.05, 0.1) is 11.5 Å². The first-order valence-electron chi connectivity index (χ1n) is 6.44. The van der Waals surface area contributed by atoms with Crippen LogP contribution in [0.15, 0.2) is 18.2 Å². The minimum Gasteiger partial charge on any atom is -0.399 e. The van der Waals surface area contributed by atoms with E-state index in [1.54, 1.807) is 0 Å². The Morgan fingerprint density at radius 1 is 1.16 bits per heavy atom. The van der Waals surface area contributed by atoms with Gasteiger partial charge >= 0.3 is 0 Å². The highest BCUT2D eigenvalue weighted by Gasteiger charge is 2.21. The number of nitrogen functional groups attached to an aromatic ring is 1. The lowest BCUT2D eigenvalue weighted by molar-refractivity contribution is 0.416. The first-order chi connectivity index (χ1) is 8.76. The average Bonchev–Trinajstić information content (AvgIpc) is 2.35. The summed E-state index contributed by atoms with van der Waals surface area (Å²) in [7, 11) is 6.15. The molecule has 0 saturated heterocycles. The number of benzene rings is 1. The van der Waals surface area contributed by atoms with Gasteiger partial charge in [-0.05, 0) is 51.7 Å². The van der Waals surface area contributed by atoms with Gasteiger partial charge in [-0.1, -0.05) is 0 Å². The third-order valence-corrected chi connectivity index (χ3v) is 3.26. The normalized spacial score (nSPS) is 11.4. The SMILES string of the molecule is CN(C)CCN(C)c1cc(N)cc(C(C)(C)C#N)c1. The molecule has 4 nitrogen and oxygen atoms in total. The number of nitrogens with two attached hydrogens (primary N) is 1. The Kier molecular flexibility index (Phi) is 4.79. The van der Waals surface area contributed by atoms with Crippen molar-refractivity contribution in [3.63, 3.8) is 0 Å². The van der Waals surface area contributed by atoms with Gasteiger partial charge in [0.1, 0.15) is 0 Å². The van der Waals surface area contributed by atoms with Crippen molar-refractivity contribution in [2.45, 2.75) is 19.3 Å². The predicted molar refractivity (Wildman–Crippen MR) is 81.3 cm³/mol. The Balaban J connectivity index is 3.00. The highest BCUT2D eigenvalue weighted by molar-refractivity contribution is 5.60. The third-order valence-electron chi connectivity index (χ3n) is 3.26. The number of likely N-dealkylation sites (N-methyl/N-ethyl adjacent to an activating group) is 2. The van der Waals surface area contributed by atoms with Crippen molar-refractivity contribution in [1.29, 1.82) is 5.26 Å². The van der Waals surface area contributed by atoms with Gasteiger partial charge in [0.25, 0.3) is 0 Å². The Labute approximate surface area is 116 Å². The molecule has 0 aromatic heterocycles. The molecule has 2 N–H and O–H groups in total. The van der Waals surface area contributed by atoms with Crippen molar-refractivity contribution in [3.8, 4) is 6.07 Å². The lowest BCUT2D eigenvalue weighted by Crippen LogP contribution is -2.28. The lowest BCUT2D eigenvalue weighted by Gasteiger charge is -2.24. The van der Waals surface area contributed by atoms with Crippen molar-refractivity contribution >= 4 is 11.4 Å². The molecule has 1 aromatic rings. The second-order valence-corrected chi connectivity index (χ2v) is 5.77. The standard InChI is InChI=1S/C15H24N4/c1-15(2,11-16)12-8-13(17)10-14(9-12)19(5)7-6-18(3)4/h8-10H,6-7,17H2,1-5H3. The largest absolute Gasteiger partial charge is 0.399 e. The molecule has 0 unspecified atom stereocenters. The van der Waals surface area contributed by atoms with E-state index in [4.69, 9.17) is 5.73 Å². The fourth-order valence-corrected chi connectivity index (χ4v) is 1.76. The van der Waals surface area contributed by atoms with Gasteiger partial charge in [-0.3, -0.25) is 0 Å². The minimum atomic E-state index is -0.521. The molecule has 0 aliphatic carbocycles. The van der Waals surface area contributed by atoms with Crippen LogP contribution in [0.1, 0.15) is 19.4 Å². The summed E-state index contributed by atoms with van der Waals surface area (Å²) in [6.07, 6.45) is 0. The fourth-order valence-electron chi connectivity index (χ4n) is 1.76. The van der Waals surface area contributed by atoms with Gasteiger partial charge in [0.2, 0.25) is 0 Å². The van der Waals surface area contributed by atoms with E-state index in [2.05, 4.69) is 36.0 Å². The van der Waals surface area contributed by atoms with Crippen LogP contribution < -0.4 is 10.6 Å². The van der Waals surface area contributed by atoms with E-state index in [9.17, 15) is 5.26 Å². The first-order valence-corrected chi connectivity index (χ1v) is 6.44. The molecule has 0 radical (unpaired) electrons. The molecule has 104 valence electrons. The number of nitrogens with zero attached hydrogens (tertiary/aromatic N) is 3. The van der Waals surface area contributed by atoms with Gasteiger partial charge < -0.3 is 15.5 Å². The van der Waals surface area contributed by atoms with Crippen molar-refractivity contribution in [2.24, 2.45) is 0 Å².